The first-order valence-electron chi connectivity index (χ1n) is 5.60. The first-order chi connectivity index (χ1) is 8.13. The van der Waals surface area contributed by atoms with Gasteiger partial charge in [-0.15, -0.1) is 0 Å². The third-order valence-corrected chi connectivity index (χ3v) is 2.84. The van der Waals surface area contributed by atoms with Crippen LogP contribution >= 0.6 is 0 Å². The summed E-state index contributed by atoms with van der Waals surface area (Å²) in [6, 6.07) is 3.43. The van der Waals surface area contributed by atoms with Gasteiger partial charge in [-0.3, -0.25) is 0 Å². The van der Waals surface area contributed by atoms with E-state index >= 15 is 0 Å². The molecule has 0 saturated heterocycles. The van der Waals surface area contributed by atoms with Gasteiger partial charge < -0.3 is 14.0 Å². The second-order valence-corrected chi connectivity index (χ2v) is 4.35. The number of fused-ring (bicyclic) bond motifs is 1. The third kappa shape index (κ3) is 2.26. The van der Waals surface area contributed by atoms with Gasteiger partial charge in [-0.1, -0.05) is 0 Å². The molecule has 4 heteroatoms. The van der Waals surface area contributed by atoms with Crippen molar-refractivity contribution in [1.82, 2.24) is 9.30 Å². The predicted octanol–water partition coefficient (Wildman–Crippen LogP) is 2.19. The molecular formula is C13H17FN2O. The lowest BCUT2D eigenvalue weighted by Crippen LogP contribution is -2.15. The smallest absolute Gasteiger partial charge is 0.178 e. The number of rotatable bonds is 4. The lowest BCUT2D eigenvalue weighted by Gasteiger charge is -2.10. The Labute approximate surface area is 100 Å². The summed E-state index contributed by atoms with van der Waals surface area (Å²) in [4.78, 5) is 2.11. The maximum Gasteiger partial charge on any atom is 0.178 e. The Kier molecular flexibility index (Phi) is 3.33. The van der Waals surface area contributed by atoms with E-state index in [9.17, 15) is 4.39 Å². The molecule has 0 fully saturated rings. The highest BCUT2D eigenvalue weighted by Crippen LogP contribution is 2.27. The van der Waals surface area contributed by atoms with E-state index in [4.69, 9.17) is 4.74 Å². The van der Waals surface area contributed by atoms with Gasteiger partial charge in [0.15, 0.2) is 11.6 Å². The van der Waals surface area contributed by atoms with Gasteiger partial charge in [0.1, 0.15) is 0 Å². The summed E-state index contributed by atoms with van der Waals surface area (Å²) in [5, 5.41) is 0. The molecule has 17 heavy (non-hydrogen) atoms. The van der Waals surface area contributed by atoms with Crippen molar-refractivity contribution in [2.24, 2.45) is 0 Å². The van der Waals surface area contributed by atoms with Crippen LogP contribution in [-0.4, -0.2) is 37.1 Å². The van der Waals surface area contributed by atoms with E-state index in [0.29, 0.717) is 5.75 Å². The van der Waals surface area contributed by atoms with Crippen LogP contribution in [0.1, 0.15) is 5.56 Å². The van der Waals surface area contributed by atoms with Gasteiger partial charge in [0.2, 0.25) is 0 Å². The number of hydrogen-bond donors (Lipinski definition) is 0. The van der Waals surface area contributed by atoms with E-state index in [1.54, 1.807) is 6.20 Å². The van der Waals surface area contributed by atoms with Crippen LogP contribution in [-0.2, 0) is 6.42 Å². The molecule has 0 aliphatic rings. The average molecular weight is 236 g/mol. The Bertz CT molecular complexity index is 519. The Morgan fingerprint density at radius 1 is 1.29 bits per heavy atom. The van der Waals surface area contributed by atoms with Gasteiger partial charge in [-0.25, -0.2) is 4.39 Å². The lowest BCUT2D eigenvalue weighted by molar-refractivity contribution is 0.388. The van der Waals surface area contributed by atoms with Crippen molar-refractivity contribution < 1.29 is 9.13 Å². The summed E-state index contributed by atoms with van der Waals surface area (Å²) in [7, 11) is 5.55. The Balaban J connectivity index is 2.46. The van der Waals surface area contributed by atoms with Crippen LogP contribution in [0.2, 0.25) is 0 Å². The second-order valence-electron chi connectivity index (χ2n) is 4.35. The molecule has 0 unspecified atom stereocenters. The molecule has 3 nitrogen and oxygen atoms in total. The number of hydrogen-bond acceptors (Lipinski definition) is 2. The van der Waals surface area contributed by atoms with Crippen molar-refractivity contribution in [3.05, 3.63) is 35.9 Å². The van der Waals surface area contributed by atoms with E-state index in [1.807, 2.05) is 30.8 Å². The Morgan fingerprint density at radius 3 is 2.65 bits per heavy atom. The van der Waals surface area contributed by atoms with Crippen LogP contribution in [0.3, 0.4) is 0 Å². The molecule has 2 aromatic rings. The largest absolute Gasteiger partial charge is 0.492 e. The fraction of sp³-hybridized carbons (Fsp3) is 0.385. The molecule has 0 atom stereocenters. The van der Waals surface area contributed by atoms with E-state index in [-0.39, 0.29) is 5.82 Å². The van der Waals surface area contributed by atoms with Gasteiger partial charge in [0.05, 0.1) is 12.6 Å². The minimum Gasteiger partial charge on any atom is -0.492 e. The molecule has 0 spiro atoms. The summed E-state index contributed by atoms with van der Waals surface area (Å²) in [5.74, 6) is 0.0102. The summed E-state index contributed by atoms with van der Waals surface area (Å²) in [6.45, 7) is 0.930. The molecule has 0 amide bonds. The number of halogens is 1. The summed E-state index contributed by atoms with van der Waals surface area (Å²) >= 11 is 0. The van der Waals surface area contributed by atoms with Crippen molar-refractivity contribution in [2.45, 2.75) is 6.42 Å². The summed E-state index contributed by atoms with van der Waals surface area (Å²) in [6.07, 6.45) is 4.53. The molecule has 92 valence electrons. The topological polar surface area (TPSA) is 16.9 Å². The van der Waals surface area contributed by atoms with Crippen LogP contribution in [0.15, 0.2) is 24.5 Å². The van der Waals surface area contributed by atoms with Crippen LogP contribution in [0, 0.1) is 5.82 Å². The minimum atomic E-state index is -0.315. The minimum absolute atomic E-state index is 0.315. The molecule has 0 aliphatic carbocycles. The van der Waals surface area contributed by atoms with Crippen molar-refractivity contribution in [2.75, 3.05) is 27.7 Å². The molecule has 0 aromatic carbocycles. The number of likely N-dealkylation sites (N-methyl/N-ethyl adjacent to an activating group) is 1. The maximum absolute atomic E-state index is 13.6. The van der Waals surface area contributed by atoms with Crippen molar-refractivity contribution in [3.8, 4) is 5.75 Å². The highest BCUT2D eigenvalue weighted by atomic mass is 19.1. The molecule has 2 heterocycles. The highest BCUT2D eigenvalue weighted by molar-refractivity contribution is 5.66. The van der Waals surface area contributed by atoms with Crippen LogP contribution in [0.5, 0.6) is 5.75 Å². The molecule has 0 N–H and O–H groups in total. The maximum atomic E-state index is 13.6. The molecular weight excluding hydrogens is 219 g/mol. The molecule has 2 aromatic heterocycles. The van der Waals surface area contributed by atoms with E-state index < -0.39 is 0 Å². The van der Waals surface area contributed by atoms with E-state index in [2.05, 4.69) is 4.90 Å². The monoisotopic (exact) mass is 236 g/mol. The molecule has 0 radical (unpaired) electrons. The van der Waals surface area contributed by atoms with Crippen molar-refractivity contribution in [3.63, 3.8) is 0 Å². The first-order valence-corrected chi connectivity index (χ1v) is 5.60. The number of pyridine rings is 1. The molecule has 0 bridgehead atoms. The summed E-state index contributed by atoms with van der Waals surface area (Å²) < 4.78 is 20.7. The number of aromatic nitrogens is 1. The quantitative estimate of drug-likeness (QED) is 0.809. The Hall–Kier alpha value is -1.55. The van der Waals surface area contributed by atoms with Crippen molar-refractivity contribution >= 4 is 5.52 Å². The normalized spacial score (nSPS) is 11.4. The SMILES string of the molecule is COc1c(F)ccn2ccc(CCN(C)C)c12. The second kappa shape index (κ2) is 4.75. The zero-order valence-corrected chi connectivity index (χ0v) is 10.4. The zero-order valence-electron chi connectivity index (χ0n) is 10.4. The lowest BCUT2D eigenvalue weighted by atomic mass is 10.2. The summed E-state index contributed by atoms with van der Waals surface area (Å²) in [5.41, 5.74) is 1.93. The zero-order chi connectivity index (χ0) is 12.4. The van der Waals surface area contributed by atoms with Gasteiger partial charge in [-0.2, -0.15) is 0 Å². The van der Waals surface area contributed by atoms with E-state index in [1.165, 1.54) is 13.2 Å². The van der Waals surface area contributed by atoms with Crippen LogP contribution in [0.4, 0.5) is 4.39 Å². The average Bonchev–Trinajstić information content (AvgIpc) is 2.69. The third-order valence-electron chi connectivity index (χ3n) is 2.84. The fourth-order valence-corrected chi connectivity index (χ4v) is 1.95. The van der Waals surface area contributed by atoms with Gasteiger partial charge in [0.25, 0.3) is 0 Å². The molecule has 2 rings (SSSR count). The standard InChI is InChI=1S/C13H17FN2O/c1-15(2)7-4-10-5-8-16-9-6-11(14)13(17-3)12(10)16/h5-6,8-9H,4,7H2,1-3H3. The number of methoxy groups -OCH3 is 1. The molecule has 0 saturated carbocycles. The number of nitrogens with zero attached hydrogens (tertiary/aromatic N) is 2. The fourth-order valence-electron chi connectivity index (χ4n) is 1.95. The molecule has 0 aliphatic heterocycles. The Morgan fingerprint density at radius 2 is 2.00 bits per heavy atom. The van der Waals surface area contributed by atoms with Gasteiger partial charge in [-0.05, 0) is 38.2 Å². The van der Waals surface area contributed by atoms with E-state index in [0.717, 1.165) is 24.0 Å². The number of ether oxygens (including phenoxy) is 1. The van der Waals surface area contributed by atoms with Crippen molar-refractivity contribution in [1.29, 1.82) is 0 Å². The van der Waals surface area contributed by atoms with Crippen LogP contribution < -0.4 is 4.74 Å². The van der Waals surface area contributed by atoms with Gasteiger partial charge in [0, 0.05) is 18.9 Å². The van der Waals surface area contributed by atoms with Crippen LogP contribution in [0.25, 0.3) is 5.52 Å². The van der Waals surface area contributed by atoms with Gasteiger partial charge >= 0.3 is 0 Å². The first kappa shape index (κ1) is 11.9. The predicted molar refractivity (Wildman–Crippen MR) is 66.2 cm³/mol. The highest BCUT2D eigenvalue weighted by Gasteiger charge is 2.12.